The second-order valence-corrected chi connectivity index (χ2v) is 5.74. The largest absolute Gasteiger partial charge is 0.330 e. The van der Waals surface area contributed by atoms with E-state index in [1.165, 1.54) is 5.56 Å². The van der Waals surface area contributed by atoms with Gasteiger partial charge in [-0.2, -0.15) is 11.8 Å². The molecule has 0 aliphatic carbocycles. The van der Waals surface area contributed by atoms with E-state index >= 15 is 0 Å². The quantitative estimate of drug-likeness (QED) is 0.881. The SMILES string of the molecule is CSCC(C)n1cncc1[C@H](N)Cc1ccccc1. The summed E-state index contributed by atoms with van der Waals surface area (Å²) >= 11 is 1.84. The highest BCUT2D eigenvalue weighted by Gasteiger charge is 2.15. The molecule has 2 rings (SSSR count). The molecule has 19 heavy (non-hydrogen) atoms. The van der Waals surface area contributed by atoms with Crippen LogP contribution < -0.4 is 5.73 Å². The van der Waals surface area contributed by atoms with Crippen molar-refractivity contribution in [3.05, 3.63) is 54.1 Å². The van der Waals surface area contributed by atoms with Crippen molar-refractivity contribution >= 4 is 11.8 Å². The fourth-order valence-corrected chi connectivity index (χ4v) is 2.91. The van der Waals surface area contributed by atoms with Gasteiger partial charge in [0, 0.05) is 18.0 Å². The molecule has 1 heterocycles. The molecule has 2 N–H and O–H groups in total. The number of rotatable bonds is 6. The monoisotopic (exact) mass is 275 g/mol. The Morgan fingerprint density at radius 2 is 2.05 bits per heavy atom. The van der Waals surface area contributed by atoms with Crippen LogP contribution in [0.1, 0.15) is 30.3 Å². The van der Waals surface area contributed by atoms with Gasteiger partial charge in [-0.25, -0.2) is 4.98 Å². The van der Waals surface area contributed by atoms with Gasteiger partial charge in [-0.05, 0) is 25.2 Å². The molecule has 4 heteroatoms. The molecule has 0 amide bonds. The first kappa shape index (κ1) is 14.2. The molecule has 0 aliphatic rings. The van der Waals surface area contributed by atoms with Gasteiger partial charge < -0.3 is 10.3 Å². The third-order valence-electron chi connectivity index (χ3n) is 3.26. The van der Waals surface area contributed by atoms with E-state index in [9.17, 15) is 0 Å². The lowest BCUT2D eigenvalue weighted by Crippen LogP contribution is -2.20. The summed E-state index contributed by atoms with van der Waals surface area (Å²) in [6.45, 7) is 2.21. The smallest absolute Gasteiger partial charge is 0.0951 e. The predicted octanol–water partition coefficient (Wildman–Crippen LogP) is 3.05. The van der Waals surface area contributed by atoms with Crippen LogP contribution >= 0.6 is 11.8 Å². The van der Waals surface area contributed by atoms with Gasteiger partial charge >= 0.3 is 0 Å². The summed E-state index contributed by atoms with van der Waals surface area (Å²) in [4.78, 5) is 4.26. The number of nitrogens with two attached hydrogens (primary N) is 1. The second-order valence-electron chi connectivity index (χ2n) is 4.83. The molecule has 2 aromatic rings. The molecule has 1 aromatic heterocycles. The van der Waals surface area contributed by atoms with E-state index in [4.69, 9.17) is 5.73 Å². The number of nitrogens with zero attached hydrogens (tertiary/aromatic N) is 2. The molecule has 102 valence electrons. The zero-order valence-electron chi connectivity index (χ0n) is 11.5. The lowest BCUT2D eigenvalue weighted by atomic mass is 10.0. The second kappa shape index (κ2) is 6.78. The maximum absolute atomic E-state index is 6.34. The first-order valence-electron chi connectivity index (χ1n) is 6.52. The molecule has 1 aromatic carbocycles. The van der Waals surface area contributed by atoms with Crippen molar-refractivity contribution in [1.82, 2.24) is 9.55 Å². The standard InChI is InChI=1S/C15H21N3S/c1-12(10-19-2)18-11-17-9-15(18)14(16)8-13-6-4-3-5-7-13/h3-7,9,11-12,14H,8,10,16H2,1-2H3/t12?,14-/m1/s1. The van der Waals surface area contributed by atoms with Crippen molar-refractivity contribution < 1.29 is 0 Å². The maximum atomic E-state index is 6.34. The van der Waals surface area contributed by atoms with Crippen molar-refractivity contribution in [3.63, 3.8) is 0 Å². The lowest BCUT2D eigenvalue weighted by Gasteiger charge is -2.19. The number of thioether (sulfide) groups is 1. The number of benzene rings is 1. The summed E-state index contributed by atoms with van der Waals surface area (Å²) in [6.07, 6.45) is 6.75. The molecule has 0 fully saturated rings. The van der Waals surface area contributed by atoms with Crippen LogP contribution in [0.5, 0.6) is 0 Å². The summed E-state index contributed by atoms with van der Waals surface area (Å²) in [6, 6.07) is 10.8. The van der Waals surface area contributed by atoms with Gasteiger partial charge in [0.2, 0.25) is 0 Å². The molecule has 0 bridgehead atoms. The van der Waals surface area contributed by atoms with Crippen LogP contribution in [0.15, 0.2) is 42.9 Å². The van der Waals surface area contributed by atoms with Gasteiger partial charge in [0.1, 0.15) is 0 Å². The van der Waals surface area contributed by atoms with Crippen LogP contribution in [0.4, 0.5) is 0 Å². The van der Waals surface area contributed by atoms with Crippen molar-refractivity contribution in [2.75, 3.05) is 12.0 Å². The van der Waals surface area contributed by atoms with Crippen LogP contribution in [-0.4, -0.2) is 21.6 Å². The Bertz CT molecular complexity index is 495. The van der Waals surface area contributed by atoms with E-state index < -0.39 is 0 Å². The molecular weight excluding hydrogens is 254 g/mol. The maximum Gasteiger partial charge on any atom is 0.0951 e. The van der Waals surface area contributed by atoms with Gasteiger partial charge in [0.15, 0.2) is 0 Å². The fourth-order valence-electron chi connectivity index (χ4n) is 2.26. The number of hydrogen-bond donors (Lipinski definition) is 1. The van der Waals surface area contributed by atoms with Gasteiger partial charge in [-0.15, -0.1) is 0 Å². The molecule has 0 saturated carbocycles. The predicted molar refractivity (Wildman–Crippen MR) is 82.4 cm³/mol. The van der Waals surface area contributed by atoms with Gasteiger partial charge in [-0.3, -0.25) is 0 Å². The summed E-state index contributed by atoms with van der Waals surface area (Å²) in [5.41, 5.74) is 8.72. The van der Waals surface area contributed by atoms with Crippen molar-refractivity contribution in [3.8, 4) is 0 Å². The average Bonchev–Trinajstić information content (AvgIpc) is 2.89. The average molecular weight is 275 g/mol. The lowest BCUT2D eigenvalue weighted by molar-refractivity contribution is 0.545. The van der Waals surface area contributed by atoms with Crippen molar-refractivity contribution in [2.24, 2.45) is 5.73 Å². The van der Waals surface area contributed by atoms with Crippen LogP contribution in [0, 0.1) is 0 Å². The van der Waals surface area contributed by atoms with E-state index in [2.05, 4.69) is 47.0 Å². The molecule has 0 radical (unpaired) electrons. The minimum atomic E-state index is -0.00536. The van der Waals surface area contributed by atoms with E-state index in [1.54, 1.807) is 0 Å². The van der Waals surface area contributed by atoms with E-state index in [1.807, 2.05) is 30.4 Å². The molecule has 2 atom stereocenters. The summed E-state index contributed by atoms with van der Waals surface area (Å²) < 4.78 is 2.20. The van der Waals surface area contributed by atoms with Gasteiger partial charge in [-0.1, -0.05) is 30.3 Å². The van der Waals surface area contributed by atoms with E-state index in [0.29, 0.717) is 6.04 Å². The van der Waals surface area contributed by atoms with Crippen molar-refractivity contribution in [2.45, 2.75) is 25.4 Å². The van der Waals surface area contributed by atoms with Crippen molar-refractivity contribution in [1.29, 1.82) is 0 Å². The summed E-state index contributed by atoms with van der Waals surface area (Å²) in [5.74, 6) is 1.07. The molecule has 3 nitrogen and oxygen atoms in total. The Balaban J connectivity index is 2.11. The Kier molecular flexibility index (Phi) is 5.05. The fraction of sp³-hybridized carbons (Fsp3) is 0.400. The third-order valence-corrected chi connectivity index (χ3v) is 4.07. The first-order valence-corrected chi connectivity index (χ1v) is 7.92. The topological polar surface area (TPSA) is 43.8 Å². The van der Waals surface area contributed by atoms with Crippen LogP contribution in [-0.2, 0) is 6.42 Å². The molecular formula is C15H21N3S. The Morgan fingerprint density at radius 1 is 1.32 bits per heavy atom. The Labute approximate surface area is 119 Å². The minimum absolute atomic E-state index is 0.00536. The summed E-state index contributed by atoms with van der Waals surface area (Å²) in [7, 11) is 0. The molecule has 0 aliphatic heterocycles. The molecule has 0 saturated heterocycles. The highest BCUT2D eigenvalue weighted by atomic mass is 32.2. The minimum Gasteiger partial charge on any atom is -0.330 e. The number of aromatic nitrogens is 2. The van der Waals surface area contributed by atoms with Gasteiger partial charge in [0.05, 0.1) is 18.1 Å². The van der Waals surface area contributed by atoms with Crippen LogP contribution in [0.3, 0.4) is 0 Å². The highest BCUT2D eigenvalue weighted by molar-refractivity contribution is 7.98. The normalized spacial score (nSPS) is 14.3. The zero-order valence-corrected chi connectivity index (χ0v) is 12.3. The van der Waals surface area contributed by atoms with E-state index in [0.717, 1.165) is 17.9 Å². The number of imidazole rings is 1. The first-order chi connectivity index (χ1) is 9.22. The Hall–Kier alpha value is -1.26. The molecule has 0 spiro atoms. The van der Waals surface area contributed by atoms with Gasteiger partial charge in [0.25, 0.3) is 0 Å². The van der Waals surface area contributed by atoms with Crippen LogP contribution in [0.25, 0.3) is 0 Å². The van der Waals surface area contributed by atoms with E-state index in [-0.39, 0.29) is 6.04 Å². The highest BCUT2D eigenvalue weighted by Crippen LogP contribution is 2.21. The zero-order chi connectivity index (χ0) is 13.7. The number of hydrogen-bond acceptors (Lipinski definition) is 3. The van der Waals surface area contributed by atoms with Crippen LogP contribution in [0.2, 0.25) is 0 Å². The molecule has 1 unspecified atom stereocenters. The Morgan fingerprint density at radius 3 is 2.74 bits per heavy atom. The third kappa shape index (κ3) is 3.61. The summed E-state index contributed by atoms with van der Waals surface area (Å²) in [5, 5.41) is 0.